The van der Waals surface area contributed by atoms with Crippen LogP contribution in [0.1, 0.15) is 65.5 Å². The van der Waals surface area contributed by atoms with Crippen LogP contribution in [0.15, 0.2) is 72.8 Å². The van der Waals surface area contributed by atoms with Crippen molar-refractivity contribution in [3.05, 3.63) is 106 Å². The van der Waals surface area contributed by atoms with Gasteiger partial charge < -0.3 is 10.2 Å². The lowest BCUT2D eigenvalue weighted by molar-refractivity contribution is -0.141. The van der Waals surface area contributed by atoms with Gasteiger partial charge in [0.25, 0.3) is 0 Å². The Morgan fingerprint density at radius 1 is 0.838 bits per heavy atom. The molecular formula is C33H40N2O2. The number of hydrogen-bond donors (Lipinski definition) is 1. The maximum absolute atomic E-state index is 14.0. The van der Waals surface area contributed by atoms with Crippen LogP contribution in [0.2, 0.25) is 0 Å². The zero-order valence-electron chi connectivity index (χ0n) is 22.5. The van der Waals surface area contributed by atoms with Gasteiger partial charge in [-0.05, 0) is 55.9 Å². The van der Waals surface area contributed by atoms with Crippen molar-refractivity contribution in [2.24, 2.45) is 0 Å². The van der Waals surface area contributed by atoms with E-state index in [0.29, 0.717) is 13.0 Å². The Hall–Kier alpha value is -3.40. The van der Waals surface area contributed by atoms with E-state index in [-0.39, 0.29) is 24.3 Å². The molecule has 0 aliphatic heterocycles. The van der Waals surface area contributed by atoms with Gasteiger partial charge >= 0.3 is 0 Å². The molecule has 0 bridgehead atoms. The lowest BCUT2D eigenvalue weighted by Gasteiger charge is -2.34. The van der Waals surface area contributed by atoms with Crippen molar-refractivity contribution < 1.29 is 9.59 Å². The van der Waals surface area contributed by atoms with Crippen LogP contribution in [-0.2, 0) is 29.0 Å². The number of nitrogens with one attached hydrogen (secondary N) is 1. The molecule has 3 aromatic rings. The summed E-state index contributed by atoms with van der Waals surface area (Å²) in [5.74, 6) is -0.0624. The molecule has 1 fully saturated rings. The molecule has 0 radical (unpaired) electrons. The smallest absolute Gasteiger partial charge is 0.243 e. The fraction of sp³-hybridized carbons (Fsp3) is 0.394. The van der Waals surface area contributed by atoms with Crippen molar-refractivity contribution in [1.29, 1.82) is 0 Å². The molecular weight excluding hydrogens is 456 g/mol. The number of rotatable bonds is 9. The van der Waals surface area contributed by atoms with Gasteiger partial charge in [-0.25, -0.2) is 0 Å². The second kappa shape index (κ2) is 12.7. The molecule has 1 saturated carbocycles. The van der Waals surface area contributed by atoms with E-state index in [9.17, 15) is 9.59 Å². The maximum Gasteiger partial charge on any atom is 0.243 e. The van der Waals surface area contributed by atoms with Crippen LogP contribution >= 0.6 is 0 Å². The molecule has 1 aliphatic rings. The average Bonchev–Trinajstić information content (AvgIpc) is 2.89. The minimum Gasteiger partial charge on any atom is -0.352 e. The zero-order valence-corrected chi connectivity index (χ0v) is 22.5. The molecule has 4 rings (SSSR count). The van der Waals surface area contributed by atoms with Crippen molar-refractivity contribution in [2.45, 2.75) is 84.3 Å². The molecule has 37 heavy (non-hydrogen) atoms. The van der Waals surface area contributed by atoms with Crippen LogP contribution in [0.3, 0.4) is 0 Å². The number of carbonyl (C=O) groups is 2. The van der Waals surface area contributed by atoms with E-state index in [0.717, 1.165) is 59.1 Å². The second-order valence-corrected chi connectivity index (χ2v) is 10.7. The first-order valence-electron chi connectivity index (χ1n) is 13.6. The average molecular weight is 497 g/mol. The van der Waals surface area contributed by atoms with E-state index in [2.05, 4.69) is 42.6 Å². The summed E-state index contributed by atoms with van der Waals surface area (Å²) in [6.45, 7) is 6.56. The molecule has 194 valence electrons. The summed E-state index contributed by atoms with van der Waals surface area (Å²) < 4.78 is 0. The lowest BCUT2D eigenvalue weighted by Crippen LogP contribution is -2.53. The summed E-state index contributed by atoms with van der Waals surface area (Å²) in [5, 5.41) is 3.32. The van der Waals surface area contributed by atoms with Gasteiger partial charge in [-0.2, -0.15) is 0 Å². The van der Waals surface area contributed by atoms with Crippen LogP contribution in [0.4, 0.5) is 0 Å². The van der Waals surface area contributed by atoms with Crippen LogP contribution in [0.25, 0.3) is 0 Å². The van der Waals surface area contributed by atoms with Crippen LogP contribution in [0, 0.1) is 20.8 Å². The molecule has 0 unspecified atom stereocenters. The molecule has 4 heteroatoms. The number of amides is 2. The van der Waals surface area contributed by atoms with Gasteiger partial charge in [0.05, 0.1) is 6.42 Å². The van der Waals surface area contributed by atoms with Crippen molar-refractivity contribution >= 4 is 11.8 Å². The van der Waals surface area contributed by atoms with Crippen LogP contribution < -0.4 is 5.32 Å². The molecule has 4 nitrogen and oxygen atoms in total. The Balaban J connectivity index is 1.68. The van der Waals surface area contributed by atoms with E-state index in [4.69, 9.17) is 0 Å². The van der Waals surface area contributed by atoms with Gasteiger partial charge in [-0.3, -0.25) is 9.59 Å². The Morgan fingerprint density at radius 2 is 1.54 bits per heavy atom. The summed E-state index contributed by atoms with van der Waals surface area (Å²) in [6, 6.07) is 24.1. The molecule has 1 N–H and O–H groups in total. The van der Waals surface area contributed by atoms with E-state index >= 15 is 0 Å². The van der Waals surface area contributed by atoms with Crippen molar-refractivity contribution in [3.63, 3.8) is 0 Å². The Bertz CT molecular complexity index is 1200. The normalized spacial score (nSPS) is 14.7. The quantitative estimate of drug-likeness (QED) is 0.381. The Morgan fingerprint density at radius 3 is 2.27 bits per heavy atom. The zero-order chi connectivity index (χ0) is 26.2. The minimum atomic E-state index is -0.581. The molecule has 1 aliphatic carbocycles. The predicted molar refractivity (Wildman–Crippen MR) is 150 cm³/mol. The first-order chi connectivity index (χ1) is 17.9. The van der Waals surface area contributed by atoms with E-state index in [1.165, 1.54) is 6.42 Å². The van der Waals surface area contributed by atoms with Gasteiger partial charge in [0.15, 0.2) is 0 Å². The number of benzene rings is 3. The fourth-order valence-corrected chi connectivity index (χ4v) is 5.36. The molecule has 0 saturated heterocycles. The first-order valence-corrected chi connectivity index (χ1v) is 13.6. The number of nitrogens with zero attached hydrogens (tertiary/aromatic N) is 1. The van der Waals surface area contributed by atoms with Crippen molar-refractivity contribution in [3.8, 4) is 0 Å². The number of carbonyl (C=O) groups excluding carboxylic acids is 2. The van der Waals surface area contributed by atoms with Crippen molar-refractivity contribution in [2.75, 3.05) is 0 Å². The van der Waals surface area contributed by atoms with Gasteiger partial charge in [0.2, 0.25) is 11.8 Å². The standard InChI is InChI=1S/C33H40N2O2/c1-24-11-10-14-28(19-24)23-35(32(36)22-29-20-25(2)17-18-26(29)3)31(21-27-12-6-4-7-13-27)33(37)34-30-15-8-5-9-16-30/h4,6-7,10-14,17-20,30-31H,5,8-9,15-16,21-23H2,1-3H3,(H,34,37)/t31-/m1/s1. The highest BCUT2D eigenvalue weighted by Gasteiger charge is 2.32. The predicted octanol–water partition coefficient (Wildman–Crippen LogP) is 6.24. The highest BCUT2D eigenvalue weighted by atomic mass is 16.2. The summed E-state index contributed by atoms with van der Waals surface area (Å²) in [6.07, 6.45) is 6.31. The summed E-state index contributed by atoms with van der Waals surface area (Å²) in [5.41, 5.74) is 6.49. The van der Waals surface area contributed by atoms with Gasteiger partial charge in [-0.1, -0.05) is 103 Å². The first kappa shape index (κ1) is 26.7. The van der Waals surface area contributed by atoms with Gasteiger partial charge in [0, 0.05) is 19.0 Å². The van der Waals surface area contributed by atoms with Crippen LogP contribution in [-0.4, -0.2) is 28.8 Å². The molecule has 1 atom stereocenters. The number of aryl methyl sites for hydroxylation is 3. The van der Waals surface area contributed by atoms with Gasteiger partial charge in [0.1, 0.15) is 6.04 Å². The third-order valence-electron chi connectivity index (χ3n) is 7.50. The maximum atomic E-state index is 14.0. The molecule has 0 heterocycles. The topological polar surface area (TPSA) is 49.4 Å². The van der Waals surface area contributed by atoms with Crippen LogP contribution in [0.5, 0.6) is 0 Å². The lowest BCUT2D eigenvalue weighted by atomic mass is 9.94. The van der Waals surface area contributed by atoms with E-state index in [1.54, 1.807) is 0 Å². The summed E-state index contributed by atoms with van der Waals surface area (Å²) in [4.78, 5) is 29.7. The monoisotopic (exact) mass is 496 g/mol. The third kappa shape index (κ3) is 7.55. The Kier molecular flexibility index (Phi) is 9.16. The fourth-order valence-electron chi connectivity index (χ4n) is 5.36. The summed E-state index contributed by atoms with van der Waals surface area (Å²) >= 11 is 0. The highest BCUT2D eigenvalue weighted by Crippen LogP contribution is 2.21. The second-order valence-electron chi connectivity index (χ2n) is 10.7. The Labute approximate surface area is 222 Å². The largest absolute Gasteiger partial charge is 0.352 e. The number of hydrogen-bond acceptors (Lipinski definition) is 2. The van der Waals surface area contributed by atoms with Crippen molar-refractivity contribution in [1.82, 2.24) is 10.2 Å². The SMILES string of the molecule is Cc1cccc(CN(C(=O)Cc2cc(C)ccc2C)[C@H](Cc2ccccc2)C(=O)NC2CCCCC2)c1. The third-order valence-corrected chi connectivity index (χ3v) is 7.50. The minimum absolute atomic E-state index is 0.0186. The molecule has 0 aromatic heterocycles. The molecule has 2 amide bonds. The molecule has 0 spiro atoms. The molecule has 3 aromatic carbocycles. The van der Waals surface area contributed by atoms with E-state index < -0.39 is 6.04 Å². The van der Waals surface area contributed by atoms with Gasteiger partial charge in [-0.15, -0.1) is 0 Å². The summed E-state index contributed by atoms with van der Waals surface area (Å²) in [7, 11) is 0. The highest BCUT2D eigenvalue weighted by molar-refractivity contribution is 5.89. The van der Waals surface area contributed by atoms with E-state index in [1.807, 2.05) is 61.2 Å².